The van der Waals surface area contributed by atoms with Gasteiger partial charge in [0, 0.05) is 26.2 Å². The number of rotatable bonds is 4. The third kappa shape index (κ3) is 3.57. The summed E-state index contributed by atoms with van der Waals surface area (Å²) in [7, 11) is 0. The lowest BCUT2D eigenvalue weighted by molar-refractivity contribution is -0.139. The second-order valence-electron chi connectivity index (χ2n) is 5.13. The second kappa shape index (κ2) is 6.52. The van der Waals surface area contributed by atoms with Crippen LogP contribution in [0, 0.1) is 0 Å². The highest BCUT2D eigenvalue weighted by Gasteiger charge is 2.26. The van der Waals surface area contributed by atoms with E-state index in [0.717, 1.165) is 5.56 Å². The molecule has 108 valence electrons. The van der Waals surface area contributed by atoms with E-state index in [0.29, 0.717) is 26.2 Å². The number of carboxylic acid groups (broad SMARTS) is 1. The molecule has 5 heteroatoms. The summed E-state index contributed by atoms with van der Waals surface area (Å²) in [5.41, 5.74) is 1.02. The van der Waals surface area contributed by atoms with Crippen molar-refractivity contribution < 1.29 is 14.7 Å². The minimum absolute atomic E-state index is 0.0519. The first kappa shape index (κ1) is 14.5. The Bertz CT molecular complexity index is 467. The lowest BCUT2D eigenvalue weighted by Gasteiger charge is -2.35. The Kier molecular flexibility index (Phi) is 4.74. The summed E-state index contributed by atoms with van der Waals surface area (Å²) in [6, 6.07) is 9.73. The number of carboxylic acids is 1. The maximum absolute atomic E-state index is 12.4. The number of piperazine rings is 1. The van der Waals surface area contributed by atoms with Gasteiger partial charge in [0.05, 0.1) is 12.5 Å². The molecule has 0 bridgehead atoms. The number of carbonyl (C=O) groups is 2. The van der Waals surface area contributed by atoms with Gasteiger partial charge in [-0.3, -0.25) is 14.5 Å². The molecule has 0 aromatic heterocycles. The normalized spacial score (nSPS) is 17.8. The zero-order valence-corrected chi connectivity index (χ0v) is 11.7. The summed E-state index contributed by atoms with van der Waals surface area (Å²) in [5, 5.41) is 8.76. The summed E-state index contributed by atoms with van der Waals surface area (Å²) in [5.74, 6) is -0.851. The quantitative estimate of drug-likeness (QED) is 0.892. The smallest absolute Gasteiger partial charge is 0.317 e. The van der Waals surface area contributed by atoms with Crippen LogP contribution in [-0.2, 0) is 9.59 Å². The van der Waals surface area contributed by atoms with Gasteiger partial charge in [0.2, 0.25) is 5.91 Å². The molecule has 1 amide bonds. The number of carbonyl (C=O) groups excluding carboxylic acids is 1. The molecule has 20 heavy (non-hydrogen) atoms. The van der Waals surface area contributed by atoms with Crippen molar-refractivity contribution >= 4 is 11.9 Å². The maximum atomic E-state index is 12.4. The Labute approximate surface area is 118 Å². The average Bonchev–Trinajstić information content (AvgIpc) is 2.47. The molecule has 0 saturated carbocycles. The molecule has 1 atom stereocenters. The molecule has 5 nitrogen and oxygen atoms in total. The molecule has 1 heterocycles. The van der Waals surface area contributed by atoms with E-state index >= 15 is 0 Å². The monoisotopic (exact) mass is 276 g/mol. The van der Waals surface area contributed by atoms with Crippen LogP contribution >= 0.6 is 0 Å². The number of amides is 1. The Hall–Kier alpha value is -1.88. The van der Waals surface area contributed by atoms with E-state index in [-0.39, 0.29) is 18.4 Å². The van der Waals surface area contributed by atoms with Gasteiger partial charge < -0.3 is 10.0 Å². The number of benzene rings is 1. The van der Waals surface area contributed by atoms with Gasteiger partial charge >= 0.3 is 5.97 Å². The number of nitrogens with zero attached hydrogens (tertiary/aromatic N) is 2. The first-order valence-corrected chi connectivity index (χ1v) is 6.86. The fourth-order valence-electron chi connectivity index (χ4n) is 2.48. The molecule has 0 aliphatic carbocycles. The molecule has 1 aliphatic rings. The molecule has 0 radical (unpaired) electrons. The van der Waals surface area contributed by atoms with Crippen molar-refractivity contribution in [2.24, 2.45) is 0 Å². The molecule has 1 aromatic carbocycles. The van der Waals surface area contributed by atoms with Crippen molar-refractivity contribution in [3.63, 3.8) is 0 Å². The van der Waals surface area contributed by atoms with Crippen molar-refractivity contribution in [1.82, 2.24) is 9.80 Å². The summed E-state index contributed by atoms with van der Waals surface area (Å²) < 4.78 is 0. The summed E-state index contributed by atoms with van der Waals surface area (Å²) in [4.78, 5) is 26.8. The van der Waals surface area contributed by atoms with Gasteiger partial charge in [-0.25, -0.2) is 0 Å². The first-order valence-electron chi connectivity index (χ1n) is 6.86. The predicted octanol–water partition coefficient (Wildman–Crippen LogP) is 1.02. The first-order chi connectivity index (χ1) is 9.58. The van der Waals surface area contributed by atoms with Crippen LogP contribution < -0.4 is 0 Å². The topological polar surface area (TPSA) is 60.9 Å². The summed E-state index contributed by atoms with van der Waals surface area (Å²) >= 11 is 0. The van der Waals surface area contributed by atoms with E-state index in [1.807, 2.05) is 47.1 Å². The molecule has 1 aliphatic heterocycles. The zero-order chi connectivity index (χ0) is 14.5. The van der Waals surface area contributed by atoms with Crippen molar-refractivity contribution in [1.29, 1.82) is 0 Å². The van der Waals surface area contributed by atoms with Crippen molar-refractivity contribution in [2.75, 3.05) is 32.7 Å². The van der Waals surface area contributed by atoms with E-state index in [1.54, 1.807) is 0 Å². The Morgan fingerprint density at radius 2 is 1.75 bits per heavy atom. The van der Waals surface area contributed by atoms with Crippen LogP contribution in [0.25, 0.3) is 0 Å². The van der Waals surface area contributed by atoms with Gasteiger partial charge in [-0.1, -0.05) is 30.3 Å². The zero-order valence-electron chi connectivity index (χ0n) is 11.7. The highest BCUT2D eigenvalue weighted by atomic mass is 16.4. The van der Waals surface area contributed by atoms with Crippen LogP contribution in [0.15, 0.2) is 30.3 Å². The average molecular weight is 276 g/mol. The Morgan fingerprint density at radius 1 is 1.15 bits per heavy atom. The van der Waals surface area contributed by atoms with Gasteiger partial charge in [0.25, 0.3) is 0 Å². The van der Waals surface area contributed by atoms with Crippen molar-refractivity contribution in [3.8, 4) is 0 Å². The third-order valence-corrected chi connectivity index (χ3v) is 3.71. The molecule has 1 aromatic rings. The molecule has 0 spiro atoms. The molecular weight excluding hydrogens is 256 g/mol. The molecule has 1 unspecified atom stereocenters. The number of hydrogen-bond donors (Lipinski definition) is 1. The van der Waals surface area contributed by atoms with E-state index in [4.69, 9.17) is 5.11 Å². The lowest BCUT2D eigenvalue weighted by Crippen LogP contribution is -2.50. The van der Waals surface area contributed by atoms with Crippen LogP contribution in [0.3, 0.4) is 0 Å². The molecule has 2 rings (SSSR count). The standard InChI is InChI=1S/C15H20N2O3/c1-12(13-5-3-2-4-6-13)15(20)17-9-7-16(8-10-17)11-14(18)19/h2-6,12H,7-11H2,1H3,(H,18,19). The van der Waals surface area contributed by atoms with Crippen LogP contribution in [0.1, 0.15) is 18.4 Å². The minimum atomic E-state index is -0.817. The number of aliphatic carboxylic acids is 1. The lowest BCUT2D eigenvalue weighted by atomic mass is 9.99. The molecule has 1 saturated heterocycles. The van der Waals surface area contributed by atoms with E-state index in [2.05, 4.69) is 0 Å². The van der Waals surface area contributed by atoms with E-state index in [1.165, 1.54) is 0 Å². The van der Waals surface area contributed by atoms with Crippen LogP contribution in [-0.4, -0.2) is 59.5 Å². The fraction of sp³-hybridized carbons (Fsp3) is 0.467. The van der Waals surface area contributed by atoms with Gasteiger partial charge in [-0.05, 0) is 12.5 Å². The summed E-state index contributed by atoms with van der Waals surface area (Å²) in [6.45, 7) is 4.42. The second-order valence-corrected chi connectivity index (χ2v) is 5.13. The van der Waals surface area contributed by atoms with E-state index in [9.17, 15) is 9.59 Å². The van der Waals surface area contributed by atoms with Gasteiger partial charge in [0.1, 0.15) is 0 Å². The Morgan fingerprint density at radius 3 is 2.30 bits per heavy atom. The molecule has 1 N–H and O–H groups in total. The highest BCUT2D eigenvalue weighted by Crippen LogP contribution is 2.18. The van der Waals surface area contributed by atoms with Crippen LogP contribution in [0.2, 0.25) is 0 Å². The van der Waals surface area contributed by atoms with Gasteiger partial charge in [0.15, 0.2) is 0 Å². The van der Waals surface area contributed by atoms with Gasteiger partial charge in [-0.15, -0.1) is 0 Å². The van der Waals surface area contributed by atoms with Crippen LogP contribution in [0.5, 0.6) is 0 Å². The molecular formula is C15H20N2O3. The largest absolute Gasteiger partial charge is 0.480 e. The summed E-state index contributed by atoms with van der Waals surface area (Å²) in [6.07, 6.45) is 0. The fourth-order valence-corrected chi connectivity index (χ4v) is 2.48. The maximum Gasteiger partial charge on any atom is 0.317 e. The van der Waals surface area contributed by atoms with E-state index < -0.39 is 5.97 Å². The SMILES string of the molecule is CC(C(=O)N1CCN(CC(=O)O)CC1)c1ccccc1. The van der Waals surface area contributed by atoms with Crippen molar-refractivity contribution in [3.05, 3.63) is 35.9 Å². The number of hydrogen-bond acceptors (Lipinski definition) is 3. The van der Waals surface area contributed by atoms with Gasteiger partial charge in [-0.2, -0.15) is 0 Å². The Balaban J connectivity index is 1.90. The van der Waals surface area contributed by atoms with Crippen LogP contribution in [0.4, 0.5) is 0 Å². The minimum Gasteiger partial charge on any atom is -0.480 e. The third-order valence-electron chi connectivity index (χ3n) is 3.71. The highest BCUT2D eigenvalue weighted by molar-refractivity contribution is 5.83. The molecule has 1 fully saturated rings. The predicted molar refractivity (Wildman–Crippen MR) is 75.5 cm³/mol. The van der Waals surface area contributed by atoms with Crippen molar-refractivity contribution in [2.45, 2.75) is 12.8 Å².